The quantitative estimate of drug-likeness (QED) is 0.646. The number of hydrogen-bond acceptors (Lipinski definition) is 0. The van der Waals surface area contributed by atoms with Crippen molar-refractivity contribution < 1.29 is 0 Å². The Morgan fingerprint density at radius 1 is 1.23 bits per heavy atom. The first-order valence-corrected chi connectivity index (χ1v) is 4.98. The molecule has 0 bridgehead atoms. The van der Waals surface area contributed by atoms with Gasteiger partial charge < -0.3 is 0 Å². The number of aryl methyl sites for hydroxylation is 2. The molecule has 0 nitrogen and oxygen atoms in total. The molecule has 0 spiro atoms. The third-order valence-corrected chi connectivity index (χ3v) is 2.19. The van der Waals surface area contributed by atoms with E-state index in [1.165, 1.54) is 29.5 Å². The first-order valence-electron chi connectivity index (χ1n) is 4.98. The molecular formula is C13H18. The number of allylic oxidation sites excluding steroid dienone is 1. The molecule has 0 saturated carbocycles. The summed E-state index contributed by atoms with van der Waals surface area (Å²) in [5.74, 6) is 0. The van der Waals surface area contributed by atoms with Gasteiger partial charge in [0.25, 0.3) is 0 Å². The van der Waals surface area contributed by atoms with E-state index in [4.69, 9.17) is 0 Å². The van der Waals surface area contributed by atoms with Crippen LogP contribution in [-0.4, -0.2) is 0 Å². The predicted molar refractivity (Wildman–Crippen MR) is 59.9 cm³/mol. The summed E-state index contributed by atoms with van der Waals surface area (Å²) < 4.78 is 0. The van der Waals surface area contributed by atoms with E-state index in [1.807, 2.05) is 0 Å². The minimum absolute atomic E-state index is 1.17. The Morgan fingerprint density at radius 2 is 2.00 bits per heavy atom. The van der Waals surface area contributed by atoms with E-state index in [1.54, 1.807) is 0 Å². The molecule has 0 aliphatic heterocycles. The van der Waals surface area contributed by atoms with Gasteiger partial charge >= 0.3 is 0 Å². The van der Waals surface area contributed by atoms with Crippen molar-refractivity contribution in [3.05, 3.63) is 41.0 Å². The van der Waals surface area contributed by atoms with Crippen LogP contribution in [0.4, 0.5) is 0 Å². The highest BCUT2D eigenvalue weighted by atomic mass is 14.0. The van der Waals surface area contributed by atoms with E-state index < -0.39 is 0 Å². The van der Waals surface area contributed by atoms with Crippen molar-refractivity contribution in [3.63, 3.8) is 0 Å². The van der Waals surface area contributed by atoms with Gasteiger partial charge in [0.15, 0.2) is 0 Å². The monoisotopic (exact) mass is 174 g/mol. The lowest BCUT2D eigenvalue weighted by Gasteiger charge is -2.01. The van der Waals surface area contributed by atoms with Crippen molar-refractivity contribution in [3.8, 4) is 0 Å². The van der Waals surface area contributed by atoms with Crippen LogP contribution in [-0.2, 0) is 0 Å². The average molecular weight is 174 g/mol. The van der Waals surface area contributed by atoms with Crippen LogP contribution in [0, 0.1) is 13.8 Å². The molecule has 0 radical (unpaired) electrons. The summed E-state index contributed by atoms with van der Waals surface area (Å²) in [5.41, 5.74) is 4.05. The van der Waals surface area contributed by atoms with Crippen molar-refractivity contribution in [2.24, 2.45) is 0 Å². The second-order valence-corrected chi connectivity index (χ2v) is 3.55. The summed E-state index contributed by atoms with van der Waals surface area (Å²) in [7, 11) is 0. The van der Waals surface area contributed by atoms with Crippen LogP contribution in [0.1, 0.15) is 36.5 Å². The first kappa shape index (κ1) is 10.0. The summed E-state index contributed by atoms with van der Waals surface area (Å²) in [5, 5.41) is 0. The summed E-state index contributed by atoms with van der Waals surface area (Å²) in [6.45, 7) is 6.50. The molecule has 0 amide bonds. The molecule has 0 heteroatoms. The van der Waals surface area contributed by atoms with Crippen LogP contribution in [0.25, 0.3) is 6.08 Å². The highest BCUT2D eigenvalue weighted by Crippen LogP contribution is 2.12. The van der Waals surface area contributed by atoms with Gasteiger partial charge in [0, 0.05) is 0 Å². The standard InChI is InChI=1S/C13H18/c1-4-5-6-7-13-10-11(2)8-9-12(13)3/h6-10H,4-5H2,1-3H3/b7-6-. The molecule has 1 aromatic carbocycles. The Hall–Kier alpha value is -1.04. The molecule has 0 aliphatic carbocycles. The average Bonchev–Trinajstić information content (AvgIpc) is 2.11. The molecule has 0 saturated heterocycles. The van der Waals surface area contributed by atoms with Crippen LogP contribution in [0.2, 0.25) is 0 Å². The van der Waals surface area contributed by atoms with E-state index in [0.29, 0.717) is 0 Å². The highest BCUT2D eigenvalue weighted by molar-refractivity contribution is 5.54. The van der Waals surface area contributed by atoms with Gasteiger partial charge in [-0.3, -0.25) is 0 Å². The van der Waals surface area contributed by atoms with Gasteiger partial charge in [0.05, 0.1) is 0 Å². The number of hydrogen-bond donors (Lipinski definition) is 0. The van der Waals surface area contributed by atoms with Crippen molar-refractivity contribution in [2.75, 3.05) is 0 Å². The molecule has 0 aliphatic rings. The Labute approximate surface area is 81.3 Å². The molecule has 0 heterocycles. The zero-order valence-electron chi connectivity index (χ0n) is 8.80. The van der Waals surface area contributed by atoms with Gasteiger partial charge in [-0.15, -0.1) is 0 Å². The van der Waals surface area contributed by atoms with E-state index in [-0.39, 0.29) is 0 Å². The minimum Gasteiger partial charge on any atom is -0.0839 e. The molecule has 0 unspecified atom stereocenters. The van der Waals surface area contributed by atoms with Crippen molar-refractivity contribution in [2.45, 2.75) is 33.6 Å². The van der Waals surface area contributed by atoms with E-state index in [9.17, 15) is 0 Å². The first-order chi connectivity index (χ1) is 6.24. The van der Waals surface area contributed by atoms with Gasteiger partial charge in [-0.2, -0.15) is 0 Å². The molecule has 13 heavy (non-hydrogen) atoms. The normalized spacial score (nSPS) is 11.0. The second-order valence-electron chi connectivity index (χ2n) is 3.55. The van der Waals surface area contributed by atoms with Crippen LogP contribution >= 0.6 is 0 Å². The summed E-state index contributed by atoms with van der Waals surface area (Å²) in [6.07, 6.45) is 6.88. The Bertz CT molecular complexity index is 295. The maximum Gasteiger partial charge on any atom is -0.0228 e. The summed E-state index contributed by atoms with van der Waals surface area (Å²) >= 11 is 0. The third-order valence-electron chi connectivity index (χ3n) is 2.19. The van der Waals surface area contributed by atoms with Gasteiger partial charge in [-0.25, -0.2) is 0 Å². The molecule has 70 valence electrons. The number of rotatable bonds is 3. The van der Waals surface area contributed by atoms with Crippen LogP contribution < -0.4 is 0 Å². The third kappa shape index (κ3) is 3.06. The zero-order chi connectivity index (χ0) is 9.68. The molecule has 0 fully saturated rings. The van der Waals surface area contributed by atoms with E-state index >= 15 is 0 Å². The second kappa shape index (κ2) is 4.86. The van der Waals surface area contributed by atoms with E-state index in [0.717, 1.165) is 0 Å². The molecular weight excluding hydrogens is 156 g/mol. The molecule has 0 N–H and O–H groups in total. The zero-order valence-corrected chi connectivity index (χ0v) is 8.80. The van der Waals surface area contributed by atoms with Crippen molar-refractivity contribution in [1.82, 2.24) is 0 Å². The van der Waals surface area contributed by atoms with Crippen LogP contribution in [0.15, 0.2) is 24.3 Å². The number of benzene rings is 1. The SMILES string of the molecule is CCC/C=C\c1cc(C)ccc1C. The summed E-state index contributed by atoms with van der Waals surface area (Å²) in [4.78, 5) is 0. The lowest BCUT2D eigenvalue weighted by molar-refractivity contribution is 0.962. The largest absolute Gasteiger partial charge is 0.0839 e. The Morgan fingerprint density at radius 3 is 2.69 bits per heavy atom. The topological polar surface area (TPSA) is 0 Å². The van der Waals surface area contributed by atoms with Gasteiger partial charge in [-0.05, 0) is 31.4 Å². The molecule has 0 atom stereocenters. The maximum absolute atomic E-state index is 2.25. The van der Waals surface area contributed by atoms with Crippen LogP contribution in [0.3, 0.4) is 0 Å². The lowest BCUT2D eigenvalue weighted by atomic mass is 10.0. The number of unbranched alkanes of at least 4 members (excludes halogenated alkanes) is 1. The van der Waals surface area contributed by atoms with Crippen molar-refractivity contribution >= 4 is 6.08 Å². The lowest BCUT2D eigenvalue weighted by Crippen LogP contribution is -1.81. The fourth-order valence-electron chi connectivity index (χ4n) is 1.32. The fourth-order valence-corrected chi connectivity index (χ4v) is 1.32. The van der Waals surface area contributed by atoms with Crippen LogP contribution in [0.5, 0.6) is 0 Å². The Kier molecular flexibility index (Phi) is 3.75. The minimum atomic E-state index is 1.17. The highest BCUT2D eigenvalue weighted by Gasteiger charge is 1.92. The molecule has 1 aromatic rings. The van der Waals surface area contributed by atoms with Gasteiger partial charge in [-0.1, -0.05) is 49.3 Å². The summed E-state index contributed by atoms with van der Waals surface area (Å²) in [6, 6.07) is 6.58. The van der Waals surface area contributed by atoms with Gasteiger partial charge in [0.2, 0.25) is 0 Å². The maximum atomic E-state index is 2.25. The smallest absolute Gasteiger partial charge is 0.0228 e. The molecule has 0 aromatic heterocycles. The van der Waals surface area contributed by atoms with Crippen molar-refractivity contribution in [1.29, 1.82) is 0 Å². The Balaban J connectivity index is 2.81. The van der Waals surface area contributed by atoms with E-state index in [2.05, 4.69) is 51.1 Å². The van der Waals surface area contributed by atoms with Gasteiger partial charge in [0.1, 0.15) is 0 Å². The predicted octanol–water partition coefficient (Wildman–Crippen LogP) is 4.12. The molecule has 1 rings (SSSR count). The fraction of sp³-hybridized carbons (Fsp3) is 0.385.